The Hall–Kier alpha value is -2.37. The Morgan fingerprint density at radius 3 is 2.76 bits per heavy atom. The largest absolute Gasteiger partial charge is 0.334 e. The van der Waals surface area contributed by atoms with Crippen LogP contribution in [-0.4, -0.2) is 26.8 Å². The molecule has 0 spiro atoms. The van der Waals surface area contributed by atoms with Gasteiger partial charge in [0.15, 0.2) is 5.82 Å². The van der Waals surface area contributed by atoms with Crippen molar-refractivity contribution in [1.29, 1.82) is 0 Å². The van der Waals surface area contributed by atoms with E-state index in [1.165, 1.54) is 18.4 Å². The quantitative estimate of drug-likeness (QED) is 0.879. The maximum atomic E-state index is 12.2. The van der Waals surface area contributed by atoms with Crippen LogP contribution in [0.3, 0.4) is 0 Å². The highest BCUT2D eigenvalue weighted by Gasteiger charge is 2.23. The Balaban J connectivity index is 1.26. The van der Waals surface area contributed by atoms with Gasteiger partial charge in [-0.25, -0.2) is 14.5 Å². The highest BCUT2D eigenvalue weighted by atomic mass is 16.2. The van der Waals surface area contributed by atoms with Crippen LogP contribution in [0.5, 0.6) is 0 Å². The molecule has 6 heteroatoms. The van der Waals surface area contributed by atoms with Crippen molar-refractivity contribution in [3.05, 3.63) is 47.0 Å². The zero-order valence-electron chi connectivity index (χ0n) is 14.7. The number of urea groups is 1. The van der Waals surface area contributed by atoms with Crippen LogP contribution >= 0.6 is 0 Å². The highest BCUT2D eigenvalue weighted by Crippen LogP contribution is 2.39. The number of fused-ring (bicyclic) bond motifs is 1. The van der Waals surface area contributed by atoms with Gasteiger partial charge in [0.25, 0.3) is 0 Å². The molecule has 2 N–H and O–H groups in total. The summed E-state index contributed by atoms with van der Waals surface area (Å²) in [5.74, 6) is 2.69. The third-order valence-corrected chi connectivity index (χ3v) is 5.03. The summed E-state index contributed by atoms with van der Waals surface area (Å²) in [4.78, 5) is 16.7. The Labute approximate surface area is 148 Å². The molecule has 2 amide bonds. The van der Waals surface area contributed by atoms with Crippen molar-refractivity contribution in [3.63, 3.8) is 0 Å². The van der Waals surface area contributed by atoms with Crippen LogP contribution < -0.4 is 10.6 Å². The van der Waals surface area contributed by atoms with E-state index in [1.54, 1.807) is 0 Å². The Bertz CT molecular complexity index is 748. The lowest BCUT2D eigenvalue weighted by atomic mass is 10.1. The number of carbonyl (C=O) groups excluding carboxylic acids is 1. The van der Waals surface area contributed by atoms with E-state index in [1.807, 2.05) is 4.68 Å². The molecule has 1 atom stereocenters. The average molecular weight is 339 g/mol. The lowest BCUT2D eigenvalue weighted by molar-refractivity contribution is 0.231. The van der Waals surface area contributed by atoms with Crippen LogP contribution in [0.2, 0.25) is 0 Å². The Kier molecular flexibility index (Phi) is 4.42. The molecule has 0 radical (unpaired) electrons. The fourth-order valence-corrected chi connectivity index (χ4v) is 3.37. The summed E-state index contributed by atoms with van der Waals surface area (Å²) < 4.78 is 1.93. The molecule has 132 valence electrons. The summed E-state index contributed by atoms with van der Waals surface area (Å²) in [5.41, 5.74) is 2.56. The van der Waals surface area contributed by atoms with Crippen molar-refractivity contribution in [2.45, 2.75) is 64.1 Å². The molecule has 1 unspecified atom stereocenters. The summed E-state index contributed by atoms with van der Waals surface area (Å²) in [6.07, 6.45) is 5.24. The van der Waals surface area contributed by atoms with Gasteiger partial charge in [-0.3, -0.25) is 0 Å². The smallest absolute Gasteiger partial charge is 0.315 e. The molecular weight excluding hydrogens is 314 g/mol. The normalized spacial score (nSPS) is 19.3. The number of nitrogens with zero attached hydrogens (tertiary/aromatic N) is 3. The van der Waals surface area contributed by atoms with Crippen molar-refractivity contribution >= 4 is 6.03 Å². The third kappa shape index (κ3) is 3.83. The van der Waals surface area contributed by atoms with Crippen molar-refractivity contribution in [1.82, 2.24) is 25.4 Å². The Morgan fingerprint density at radius 2 is 2.04 bits per heavy atom. The molecule has 1 fully saturated rings. The van der Waals surface area contributed by atoms with Crippen molar-refractivity contribution in [2.24, 2.45) is 0 Å². The topological polar surface area (TPSA) is 71.8 Å². The molecule has 1 aliphatic heterocycles. The summed E-state index contributed by atoms with van der Waals surface area (Å²) in [5, 5.41) is 10.5. The number of aryl methyl sites for hydroxylation is 2. The average Bonchev–Trinajstić information content (AvgIpc) is 3.40. The summed E-state index contributed by atoms with van der Waals surface area (Å²) >= 11 is 0. The van der Waals surface area contributed by atoms with Crippen LogP contribution in [-0.2, 0) is 25.9 Å². The first-order valence-electron chi connectivity index (χ1n) is 9.27. The van der Waals surface area contributed by atoms with Crippen LogP contribution in [0.25, 0.3) is 0 Å². The van der Waals surface area contributed by atoms with E-state index in [2.05, 4.69) is 51.9 Å². The van der Waals surface area contributed by atoms with E-state index < -0.39 is 0 Å². The number of hydrogen-bond donors (Lipinski definition) is 2. The lowest BCUT2D eigenvalue weighted by Gasteiger charge is -2.23. The maximum Gasteiger partial charge on any atom is 0.315 e. The minimum Gasteiger partial charge on any atom is -0.334 e. The van der Waals surface area contributed by atoms with Crippen molar-refractivity contribution in [2.75, 3.05) is 0 Å². The number of hydrogen-bond acceptors (Lipinski definition) is 3. The standard InChI is InChI=1S/C19H25N5O/c1-2-17-22-18-10-9-16(12-24(18)23-17)21-19(25)20-11-13-3-5-14(6-4-13)15-7-8-15/h3-6,15-16H,2,7-12H2,1H3,(H2,20,21,25). The molecule has 1 aliphatic carbocycles. The number of aromatic nitrogens is 3. The summed E-state index contributed by atoms with van der Waals surface area (Å²) in [7, 11) is 0. The van der Waals surface area contributed by atoms with Crippen LogP contribution in [0.15, 0.2) is 24.3 Å². The molecule has 1 aromatic heterocycles. The van der Waals surface area contributed by atoms with Crippen molar-refractivity contribution < 1.29 is 4.79 Å². The molecule has 1 saturated carbocycles. The van der Waals surface area contributed by atoms with E-state index in [0.29, 0.717) is 13.1 Å². The predicted octanol–water partition coefficient (Wildman–Crippen LogP) is 2.53. The first kappa shape index (κ1) is 16.1. The van der Waals surface area contributed by atoms with Gasteiger partial charge in [-0.15, -0.1) is 0 Å². The van der Waals surface area contributed by atoms with E-state index in [-0.39, 0.29) is 12.1 Å². The second-order valence-corrected chi connectivity index (χ2v) is 7.06. The van der Waals surface area contributed by atoms with Gasteiger partial charge in [0.1, 0.15) is 5.82 Å². The van der Waals surface area contributed by atoms with Gasteiger partial charge in [0, 0.05) is 19.4 Å². The fraction of sp³-hybridized carbons (Fsp3) is 0.526. The van der Waals surface area contributed by atoms with E-state index >= 15 is 0 Å². The van der Waals surface area contributed by atoms with Gasteiger partial charge in [-0.05, 0) is 36.3 Å². The molecule has 0 saturated heterocycles. The van der Waals surface area contributed by atoms with Gasteiger partial charge in [-0.1, -0.05) is 31.2 Å². The van der Waals surface area contributed by atoms with Gasteiger partial charge >= 0.3 is 6.03 Å². The number of rotatable bonds is 5. The molecular formula is C19H25N5O. The molecule has 2 aliphatic rings. The second kappa shape index (κ2) is 6.86. The predicted molar refractivity (Wildman–Crippen MR) is 95.3 cm³/mol. The minimum absolute atomic E-state index is 0.108. The van der Waals surface area contributed by atoms with Gasteiger partial charge in [-0.2, -0.15) is 5.10 Å². The third-order valence-electron chi connectivity index (χ3n) is 5.03. The first-order valence-corrected chi connectivity index (χ1v) is 9.27. The molecule has 25 heavy (non-hydrogen) atoms. The minimum atomic E-state index is -0.115. The monoisotopic (exact) mass is 339 g/mol. The fourth-order valence-electron chi connectivity index (χ4n) is 3.37. The van der Waals surface area contributed by atoms with E-state index in [4.69, 9.17) is 0 Å². The number of benzene rings is 1. The number of amides is 2. The molecule has 2 heterocycles. The van der Waals surface area contributed by atoms with Gasteiger partial charge in [0.2, 0.25) is 0 Å². The van der Waals surface area contributed by atoms with Crippen LogP contribution in [0, 0.1) is 0 Å². The summed E-state index contributed by atoms with van der Waals surface area (Å²) in [6.45, 7) is 3.31. The van der Waals surface area contributed by atoms with Crippen molar-refractivity contribution in [3.8, 4) is 0 Å². The zero-order valence-corrected chi connectivity index (χ0v) is 14.7. The number of carbonyl (C=O) groups is 1. The molecule has 2 aromatic rings. The first-order chi connectivity index (χ1) is 12.2. The SMILES string of the molecule is CCc1nc2n(n1)CC(NC(=O)NCc1ccc(C3CC3)cc1)CC2. The zero-order chi connectivity index (χ0) is 17.2. The second-order valence-electron chi connectivity index (χ2n) is 7.06. The molecule has 0 bridgehead atoms. The highest BCUT2D eigenvalue weighted by molar-refractivity contribution is 5.74. The molecule has 6 nitrogen and oxygen atoms in total. The van der Waals surface area contributed by atoms with E-state index in [9.17, 15) is 4.79 Å². The number of nitrogens with one attached hydrogen (secondary N) is 2. The van der Waals surface area contributed by atoms with Gasteiger partial charge in [0.05, 0.1) is 12.6 Å². The summed E-state index contributed by atoms with van der Waals surface area (Å²) in [6, 6.07) is 8.59. The lowest BCUT2D eigenvalue weighted by Crippen LogP contribution is -2.45. The molecule has 4 rings (SSSR count). The van der Waals surface area contributed by atoms with Crippen LogP contribution in [0.1, 0.15) is 54.9 Å². The van der Waals surface area contributed by atoms with Gasteiger partial charge < -0.3 is 10.6 Å². The maximum absolute atomic E-state index is 12.2. The van der Waals surface area contributed by atoms with E-state index in [0.717, 1.165) is 42.4 Å². The van der Waals surface area contributed by atoms with Crippen LogP contribution in [0.4, 0.5) is 4.79 Å². The molecule has 1 aromatic carbocycles. The Morgan fingerprint density at radius 1 is 1.24 bits per heavy atom.